The summed E-state index contributed by atoms with van der Waals surface area (Å²) in [6.45, 7) is 0. The van der Waals surface area contributed by atoms with Gasteiger partial charge in [-0.2, -0.15) is 5.26 Å². The number of hydrogen-bond acceptors (Lipinski definition) is 2. The van der Waals surface area contributed by atoms with Crippen molar-refractivity contribution in [1.82, 2.24) is 0 Å². The van der Waals surface area contributed by atoms with E-state index in [2.05, 4.69) is 0 Å². The topological polar surface area (TPSA) is 23.8 Å². The molecule has 3 rings (SSSR count). The predicted molar refractivity (Wildman–Crippen MR) is 88.7 cm³/mol. The summed E-state index contributed by atoms with van der Waals surface area (Å²) in [5.74, 6) is -0.938. The first-order valence-corrected chi connectivity index (χ1v) is 7.71. The maximum atomic E-state index is 14.4. The Labute approximate surface area is 137 Å². The van der Waals surface area contributed by atoms with Crippen LogP contribution in [0.25, 0.3) is 22.3 Å². The number of nitrogens with zero attached hydrogens (tertiary/aromatic N) is 1. The van der Waals surface area contributed by atoms with Crippen LogP contribution in [-0.2, 0) is 0 Å². The standard InChI is InChI=1S/C19H11F2NS/c20-17-10-14(13-4-2-1-3-5-13)6-8-16(17)15-7-9-19(23-12-22)18(21)11-15/h1-11H. The van der Waals surface area contributed by atoms with Crippen molar-refractivity contribution in [2.75, 3.05) is 0 Å². The largest absolute Gasteiger partial charge is 0.206 e. The van der Waals surface area contributed by atoms with Gasteiger partial charge in [0.15, 0.2) is 0 Å². The summed E-state index contributed by atoms with van der Waals surface area (Å²) in [6.07, 6.45) is 0. The zero-order valence-corrected chi connectivity index (χ0v) is 12.8. The molecule has 0 saturated heterocycles. The summed E-state index contributed by atoms with van der Waals surface area (Å²) in [4.78, 5) is 0.234. The minimum Gasteiger partial charge on any atom is -0.206 e. The lowest BCUT2D eigenvalue weighted by atomic mass is 9.99. The third-order valence-electron chi connectivity index (χ3n) is 3.47. The van der Waals surface area contributed by atoms with E-state index in [-0.39, 0.29) is 4.90 Å². The molecular weight excluding hydrogens is 312 g/mol. The zero-order chi connectivity index (χ0) is 16.2. The molecule has 0 unspecified atom stereocenters. The molecule has 0 aliphatic carbocycles. The van der Waals surface area contributed by atoms with Crippen LogP contribution >= 0.6 is 11.8 Å². The van der Waals surface area contributed by atoms with Crippen LogP contribution < -0.4 is 0 Å². The van der Waals surface area contributed by atoms with Gasteiger partial charge in [0.2, 0.25) is 0 Å². The molecule has 1 nitrogen and oxygen atoms in total. The molecule has 0 bridgehead atoms. The van der Waals surface area contributed by atoms with Gasteiger partial charge in [0.25, 0.3) is 0 Å². The second-order valence-electron chi connectivity index (χ2n) is 4.90. The molecule has 0 aliphatic rings. The summed E-state index contributed by atoms with van der Waals surface area (Å²) in [5.41, 5.74) is 2.47. The van der Waals surface area contributed by atoms with Gasteiger partial charge in [0.05, 0.1) is 4.90 Å². The van der Waals surface area contributed by atoms with Gasteiger partial charge in [0.1, 0.15) is 17.0 Å². The van der Waals surface area contributed by atoms with E-state index in [0.717, 1.165) is 22.9 Å². The SMILES string of the molecule is N#CSc1ccc(-c2ccc(-c3ccccc3)cc2F)cc1F. The van der Waals surface area contributed by atoms with Crippen LogP contribution in [-0.4, -0.2) is 0 Å². The van der Waals surface area contributed by atoms with E-state index in [1.165, 1.54) is 18.2 Å². The van der Waals surface area contributed by atoms with Crippen LogP contribution in [0, 0.1) is 22.3 Å². The number of thiocyanates is 1. The van der Waals surface area contributed by atoms with Gasteiger partial charge in [0, 0.05) is 5.56 Å². The van der Waals surface area contributed by atoms with Gasteiger partial charge in [-0.05, 0) is 46.7 Å². The Bertz CT molecular complexity index is 886. The first-order valence-electron chi connectivity index (χ1n) is 6.90. The molecule has 23 heavy (non-hydrogen) atoms. The summed E-state index contributed by atoms with van der Waals surface area (Å²) in [5, 5.41) is 10.4. The molecule has 0 atom stereocenters. The molecule has 4 heteroatoms. The lowest BCUT2D eigenvalue weighted by Gasteiger charge is -2.08. The van der Waals surface area contributed by atoms with Crippen molar-refractivity contribution in [3.05, 3.63) is 78.4 Å². The van der Waals surface area contributed by atoms with Crippen LogP contribution in [0.3, 0.4) is 0 Å². The third-order valence-corrected chi connectivity index (χ3v) is 4.12. The monoisotopic (exact) mass is 323 g/mol. The van der Waals surface area contributed by atoms with Crippen LogP contribution in [0.5, 0.6) is 0 Å². The zero-order valence-electron chi connectivity index (χ0n) is 12.0. The van der Waals surface area contributed by atoms with Crippen LogP contribution in [0.1, 0.15) is 0 Å². The first kappa shape index (κ1) is 15.3. The number of nitriles is 1. The highest BCUT2D eigenvalue weighted by Crippen LogP contribution is 2.30. The van der Waals surface area contributed by atoms with Gasteiger partial charge in [-0.15, -0.1) is 0 Å². The molecule has 0 saturated carbocycles. The van der Waals surface area contributed by atoms with E-state index in [1.54, 1.807) is 12.1 Å². The predicted octanol–water partition coefficient (Wildman–Crippen LogP) is 5.87. The van der Waals surface area contributed by atoms with Gasteiger partial charge in [-0.25, -0.2) is 8.78 Å². The number of thioether (sulfide) groups is 1. The summed E-state index contributed by atoms with van der Waals surface area (Å²) < 4.78 is 28.3. The average molecular weight is 323 g/mol. The lowest BCUT2D eigenvalue weighted by molar-refractivity contribution is 0.602. The Morgan fingerprint density at radius 3 is 2.09 bits per heavy atom. The van der Waals surface area contributed by atoms with E-state index < -0.39 is 11.6 Å². The Morgan fingerprint density at radius 2 is 1.43 bits per heavy atom. The van der Waals surface area contributed by atoms with E-state index in [4.69, 9.17) is 5.26 Å². The maximum absolute atomic E-state index is 14.4. The molecule has 0 heterocycles. The molecule has 0 amide bonds. The Kier molecular flexibility index (Phi) is 4.40. The molecule has 0 N–H and O–H groups in total. The number of rotatable bonds is 3. The highest BCUT2D eigenvalue weighted by molar-refractivity contribution is 8.03. The molecule has 0 fully saturated rings. The lowest BCUT2D eigenvalue weighted by Crippen LogP contribution is -1.89. The fourth-order valence-corrected chi connectivity index (χ4v) is 2.75. The first-order chi connectivity index (χ1) is 11.2. The fourth-order valence-electron chi connectivity index (χ4n) is 2.36. The summed E-state index contributed by atoms with van der Waals surface area (Å²) in [6, 6.07) is 18.7. The van der Waals surface area contributed by atoms with E-state index in [1.807, 2.05) is 41.8 Å². The molecule has 0 aromatic heterocycles. The molecule has 0 spiro atoms. The molecular formula is C19H11F2NS. The number of hydrogen-bond donors (Lipinski definition) is 0. The highest BCUT2D eigenvalue weighted by Gasteiger charge is 2.10. The van der Waals surface area contributed by atoms with E-state index >= 15 is 0 Å². The minimum atomic E-state index is -0.527. The second-order valence-corrected chi connectivity index (χ2v) is 5.73. The van der Waals surface area contributed by atoms with Crippen molar-refractivity contribution in [3.63, 3.8) is 0 Å². The Hall–Kier alpha value is -2.64. The van der Waals surface area contributed by atoms with Crippen molar-refractivity contribution >= 4 is 11.8 Å². The molecule has 112 valence electrons. The van der Waals surface area contributed by atoms with E-state index in [9.17, 15) is 8.78 Å². The summed E-state index contributed by atoms with van der Waals surface area (Å²) >= 11 is 0.747. The Balaban J connectivity index is 1.98. The van der Waals surface area contributed by atoms with Crippen molar-refractivity contribution < 1.29 is 8.78 Å². The van der Waals surface area contributed by atoms with Gasteiger partial charge in [-0.1, -0.05) is 48.5 Å². The molecule has 0 radical (unpaired) electrons. The van der Waals surface area contributed by atoms with Gasteiger partial charge >= 0.3 is 0 Å². The second kappa shape index (κ2) is 6.64. The fraction of sp³-hybridized carbons (Fsp3) is 0. The quantitative estimate of drug-likeness (QED) is 0.444. The maximum Gasteiger partial charge on any atom is 0.138 e. The average Bonchev–Trinajstić information content (AvgIpc) is 2.58. The third kappa shape index (κ3) is 3.25. The number of halogens is 2. The highest BCUT2D eigenvalue weighted by atomic mass is 32.2. The molecule has 0 aliphatic heterocycles. The van der Waals surface area contributed by atoms with Crippen molar-refractivity contribution in [3.8, 4) is 27.7 Å². The molecule has 3 aromatic carbocycles. The van der Waals surface area contributed by atoms with Crippen molar-refractivity contribution in [1.29, 1.82) is 5.26 Å². The van der Waals surface area contributed by atoms with Gasteiger partial charge in [-0.3, -0.25) is 0 Å². The van der Waals surface area contributed by atoms with Crippen LogP contribution in [0.4, 0.5) is 8.78 Å². The normalized spacial score (nSPS) is 10.3. The summed E-state index contributed by atoms with van der Waals surface area (Å²) in [7, 11) is 0. The van der Waals surface area contributed by atoms with Gasteiger partial charge < -0.3 is 0 Å². The van der Waals surface area contributed by atoms with Crippen LogP contribution in [0.15, 0.2) is 71.6 Å². The van der Waals surface area contributed by atoms with Crippen molar-refractivity contribution in [2.45, 2.75) is 4.90 Å². The smallest absolute Gasteiger partial charge is 0.138 e. The Morgan fingerprint density at radius 1 is 0.739 bits per heavy atom. The minimum absolute atomic E-state index is 0.234. The molecule has 3 aromatic rings. The van der Waals surface area contributed by atoms with Crippen molar-refractivity contribution in [2.24, 2.45) is 0 Å². The van der Waals surface area contributed by atoms with E-state index in [0.29, 0.717) is 11.1 Å². The van der Waals surface area contributed by atoms with Crippen LogP contribution in [0.2, 0.25) is 0 Å². The number of benzene rings is 3.